The second-order valence-electron chi connectivity index (χ2n) is 7.36. The fourth-order valence-electron chi connectivity index (χ4n) is 3.98. The molecule has 28 heavy (non-hydrogen) atoms. The number of morpholine rings is 1. The monoisotopic (exact) mass is 387 g/mol. The zero-order chi connectivity index (χ0) is 19.7. The van der Waals surface area contributed by atoms with Gasteiger partial charge in [0.1, 0.15) is 0 Å². The fraction of sp³-hybridized carbons (Fsp3) is 0.571. The van der Waals surface area contributed by atoms with Crippen LogP contribution in [-0.2, 0) is 19.1 Å². The van der Waals surface area contributed by atoms with Gasteiger partial charge in [-0.05, 0) is 31.1 Å². The second kappa shape index (κ2) is 10.3. The van der Waals surface area contributed by atoms with Gasteiger partial charge in [0.15, 0.2) is 6.61 Å². The highest BCUT2D eigenvalue weighted by atomic mass is 16.5. The number of carbonyl (C=O) groups excluding carboxylic acids is 2. The molecule has 0 aromatic carbocycles. The highest BCUT2D eigenvalue weighted by Gasteiger charge is 2.38. The minimum atomic E-state index is -0.554. The molecule has 152 valence electrons. The molecule has 0 radical (unpaired) electrons. The van der Waals surface area contributed by atoms with Gasteiger partial charge < -0.3 is 14.8 Å². The smallest absolute Gasteiger partial charge is 0.331 e. The average molecular weight is 387 g/mol. The van der Waals surface area contributed by atoms with Crippen LogP contribution in [-0.4, -0.2) is 66.8 Å². The number of hydrogen-bond donors (Lipinski definition) is 1. The van der Waals surface area contributed by atoms with Crippen molar-refractivity contribution in [1.82, 2.24) is 15.2 Å². The van der Waals surface area contributed by atoms with Crippen LogP contribution in [0.5, 0.6) is 0 Å². The molecular formula is C21H29N3O4. The zero-order valence-electron chi connectivity index (χ0n) is 16.3. The Labute approximate surface area is 166 Å². The molecule has 1 saturated carbocycles. The van der Waals surface area contributed by atoms with Crippen molar-refractivity contribution in [2.45, 2.75) is 37.6 Å². The third kappa shape index (κ3) is 5.87. The van der Waals surface area contributed by atoms with Crippen molar-refractivity contribution in [3.05, 3.63) is 36.2 Å². The van der Waals surface area contributed by atoms with Crippen molar-refractivity contribution in [3.63, 3.8) is 0 Å². The normalized spacial score (nSPS) is 20.0. The van der Waals surface area contributed by atoms with Crippen molar-refractivity contribution >= 4 is 18.0 Å². The highest BCUT2D eigenvalue weighted by molar-refractivity contribution is 5.89. The summed E-state index contributed by atoms with van der Waals surface area (Å²) in [5, 5.41) is 2.98. The van der Waals surface area contributed by atoms with Crippen LogP contribution in [0.4, 0.5) is 0 Å². The minimum Gasteiger partial charge on any atom is -0.452 e. The Morgan fingerprint density at radius 1 is 1.21 bits per heavy atom. The van der Waals surface area contributed by atoms with Gasteiger partial charge in [0.2, 0.25) is 0 Å². The summed E-state index contributed by atoms with van der Waals surface area (Å²) < 4.78 is 10.5. The van der Waals surface area contributed by atoms with E-state index < -0.39 is 5.97 Å². The van der Waals surface area contributed by atoms with Crippen LogP contribution in [0.1, 0.15) is 37.8 Å². The molecular weight excluding hydrogens is 358 g/mol. The predicted octanol–water partition coefficient (Wildman–Crippen LogP) is 1.79. The number of hydrogen-bond acceptors (Lipinski definition) is 6. The number of amides is 1. The van der Waals surface area contributed by atoms with Gasteiger partial charge >= 0.3 is 5.97 Å². The molecule has 2 fully saturated rings. The quantitative estimate of drug-likeness (QED) is 0.568. The van der Waals surface area contributed by atoms with Crippen molar-refractivity contribution in [3.8, 4) is 0 Å². The maximum atomic E-state index is 12.2. The van der Waals surface area contributed by atoms with E-state index in [4.69, 9.17) is 9.47 Å². The number of rotatable bonds is 7. The number of pyridine rings is 1. The predicted molar refractivity (Wildman–Crippen MR) is 105 cm³/mol. The van der Waals surface area contributed by atoms with Crippen molar-refractivity contribution < 1.29 is 19.1 Å². The van der Waals surface area contributed by atoms with E-state index in [9.17, 15) is 9.59 Å². The first-order valence-electron chi connectivity index (χ1n) is 10.0. The Bertz CT molecular complexity index is 665. The van der Waals surface area contributed by atoms with Crippen LogP contribution in [0.25, 0.3) is 6.08 Å². The summed E-state index contributed by atoms with van der Waals surface area (Å²) in [5.41, 5.74) is 0.661. The lowest BCUT2D eigenvalue weighted by molar-refractivity contribution is -0.144. The van der Waals surface area contributed by atoms with Gasteiger partial charge in [-0.3, -0.25) is 14.7 Å². The van der Waals surface area contributed by atoms with Crippen LogP contribution in [0.2, 0.25) is 0 Å². The maximum Gasteiger partial charge on any atom is 0.331 e. The van der Waals surface area contributed by atoms with Gasteiger partial charge in [0, 0.05) is 37.4 Å². The van der Waals surface area contributed by atoms with E-state index in [0.29, 0.717) is 12.2 Å². The molecule has 1 aromatic rings. The number of nitrogens with one attached hydrogen (secondary N) is 1. The van der Waals surface area contributed by atoms with Crippen molar-refractivity contribution in [2.75, 3.05) is 39.5 Å². The standard InChI is InChI=1S/C21H29N3O4/c25-19(16-28-20(26)8-7-18-6-2-5-11-22-18)23-17-21(9-3-1-4-10-21)24-12-14-27-15-13-24/h2,5-8,11H,1,3-4,9-10,12-17H2,(H,23,25). The van der Waals surface area contributed by atoms with Crippen LogP contribution < -0.4 is 5.32 Å². The maximum absolute atomic E-state index is 12.2. The van der Waals surface area contributed by atoms with Crippen LogP contribution in [0.15, 0.2) is 30.5 Å². The summed E-state index contributed by atoms with van der Waals surface area (Å²) in [6, 6.07) is 5.42. The SMILES string of the molecule is O=C(COC(=O)C=Cc1ccccn1)NCC1(N2CCOCC2)CCCCC1. The molecule has 7 heteroatoms. The minimum absolute atomic E-state index is 0.000576. The molecule has 1 aliphatic heterocycles. The molecule has 7 nitrogen and oxygen atoms in total. The highest BCUT2D eigenvalue weighted by Crippen LogP contribution is 2.33. The molecule has 0 unspecified atom stereocenters. The Kier molecular flexibility index (Phi) is 7.56. The summed E-state index contributed by atoms with van der Waals surface area (Å²) in [4.78, 5) is 30.6. The summed E-state index contributed by atoms with van der Waals surface area (Å²) in [6.45, 7) is 3.62. The van der Waals surface area contributed by atoms with Crippen LogP contribution in [0, 0.1) is 0 Å². The van der Waals surface area contributed by atoms with Gasteiger partial charge in [-0.1, -0.05) is 25.3 Å². The van der Waals surface area contributed by atoms with E-state index in [1.54, 1.807) is 24.4 Å². The summed E-state index contributed by atoms with van der Waals surface area (Å²) in [7, 11) is 0. The van der Waals surface area contributed by atoms with Gasteiger partial charge in [-0.15, -0.1) is 0 Å². The molecule has 0 atom stereocenters. The Hall–Kier alpha value is -2.25. The van der Waals surface area contributed by atoms with E-state index in [1.165, 1.54) is 25.3 Å². The molecule has 0 spiro atoms. The Morgan fingerprint density at radius 2 is 2.00 bits per heavy atom. The summed E-state index contributed by atoms with van der Waals surface area (Å²) in [5.74, 6) is -0.820. The molecule has 1 saturated heterocycles. The average Bonchev–Trinajstić information content (AvgIpc) is 2.77. The van der Waals surface area contributed by atoms with E-state index in [2.05, 4.69) is 15.2 Å². The molecule has 1 amide bonds. The zero-order valence-corrected chi connectivity index (χ0v) is 16.3. The first-order valence-corrected chi connectivity index (χ1v) is 10.0. The Balaban J connectivity index is 1.45. The third-order valence-corrected chi connectivity index (χ3v) is 5.50. The first-order chi connectivity index (χ1) is 13.7. The van der Waals surface area contributed by atoms with Gasteiger partial charge in [0.25, 0.3) is 5.91 Å². The summed E-state index contributed by atoms with van der Waals surface area (Å²) >= 11 is 0. The number of ether oxygens (including phenoxy) is 2. The number of nitrogens with zero attached hydrogens (tertiary/aromatic N) is 2. The van der Waals surface area contributed by atoms with Crippen LogP contribution in [0.3, 0.4) is 0 Å². The first kappa shape index (κ1) is 20.5. The largest absolute Gasteiger partial charge is 0.452 e. The molecule has 1 aromatic heterocycles. The Morgan fingerprint density at radius 3 is 2.71 bits per heavy atom. The lowest BCUT2D eigenvalue weighted by Crippen LogP contribution is -2.59. The summed E-state index contributed by atoms with van der Waals surface area (Å²) in [6.07, 6.45) is 10.3. The van der Waals surface area contributed by atoms with E-state index >= 15 is 0 Å². The van der Waals surface area contributed by atoms with Gasteiger partial charge in [0.05, 0.1) is 18.9 Å². The molecule has 2 heterocycles. The van der Waals surface area contributed by atoms with Gasteiger partial charge in [-0.25, -0.2) is 4.79 Å². The van der Waals surface area contributed by atoms with Gasteiger partial charge in [-0.2, -0.15) is 0 Å². The van der Waals surface area contributed by atoms with E-state index in [0.717, 1.165) is 39.1 Å². The lowest BCUT2D eigenvalue weighted by atomic mass is 9.79. The molecule has 3 rings (SSSR count). The van der Waals surface area contributed by atoms with E-state index in [1.807, 2.05) is 6.07 Å². The number of aromatic nitrogens is 1. The molecule has 0 bridgehead atoms. The molecule has 1 N–H and O–H groups in total. The van der Waals surface area contributed by atoms with E-state index in [-0.39, 0.29) is 18.1 Å². The molecule has 2 aliphatic rings. The van der Waals surface area contributed by atoms with Crippen LogP contribution >= 0.6 is 0 Å². The van der Waals surface area contributed by atoms with Crippen molar-refractivity contribution in [1.29, 1.82) is 0 Å². The second-order valence-corrected chi connectivity index (χ2v) is 7.36. The number of carbonyl (C=O) groups is 2. The fourth-order valence-corrected chi connectivity index (χ4v) is 3.98. The molecule has 1 aliphatic carbocycles. The topological polar surface area (TPSA) is 80.8 Å². The third-order valence-electron chi connectivity index (χ3n) is 5.50. The number of esters is 1. The lowest BCUT2D eigenvalue weighted by Gasteiger charge is -2.48. The van der Waals surface area contributed by atoms with Crippen molar-refractivity contribution in [2.24, 2.45) is 0 Å².